The van der Waals surface area contributed by atoms with E-state index in [1.807, 2.05) is 0 Å². The van der Waals surface area contributed by atoms with Crippen molar-refractivity contribution < 1.29 is 0 Å². The number of nitrogens with zero attached hydrogens (tertiary/aromatic N) is 2. The second-order valence-electron chi connectivity index (χ2n) is 7.61. The van der Waals surface area contributed by atoms with Gasteiger partial charge in [0, 0.05) is 45.3 Å². The first-order valence-electron chi connectivity index (χ1n) is 8.92. The Hall–Kier alpha value is -0.120. The first-order valence-corrected chi connectivity index (χ1v) is 8.92. The fraction of sp³-hybridized carbons (Fsp3) is 1.00. The summed E-state index contributed by atoms with van der Waals surface area (Å²) in [6, 6.07) is 0.654. The summed E-state index contributed by atoms with van der Waals surface area (Å²) in [6.45, 7) is 9.69. The Kier molecular flexibility index (Phi) is 5.00. The lowest BCUT2D eigenvalue weighted by Gasteiger charge is -2.43. The molecule has 3 rings (SSSR count). The Morgan fingerprint density at radius 2 is 1.80 bits per heavy atom. The Morgan fingerprint density at radius 3 is 2.40 bits per heavy atom. The smallest absolute Gasteiger partial charge is 0.0247 e. The van der Waals surface area contributed by atoms with Crippen molar-refractivity contribution in [3.8, 4) is 0 Å². The molecule has 2 N–H and O–H groups in total. The van der Waals surface area contributed by atoms with Gasteiger partial charge in [-0.15, -0.1) is 0 Å². The molecule has 0 spiro atoms. The zero-order chi connectivity index (χ0) is 13.9. The molecule has 20 heavy (non-hydrogen) atoms. The Balaban J connectivity index is 1.48. The van der Waals surface area contributed by atoms with Crippen LogP contribution in [-0.4, -0.2) is 55.1 Å². The molecule has 0 radical (unpaired) electrons. The van der Waals surface area contributed by atoms with E-state index < -0.39 is 0 Å². The number of hydrogen-bond donors (Lipinski definition) is 1. The summed E-state index contributed by atoms with van der Waals surface area (Å²) in [5.74, 6) is 2.81. The number of piperazine rings is 1. The molecule has 3 nitrogen and oxygen atoms in total. The van der Waals surface area contributed by atoms with Crippen LogP contribution in [0.2, 0.25) is 0 Å². The van der Waals surface area contributed by atoms with Crippen LogP contribution in [0.15, 0.2) is 0 Å². The number of nitrogens with two attached hydrogens (primary N) is 1. The number of rotatable bonds is 5. The molecule has 0 aromatic rings. The van der Waals surface area contributed by atoms with E-state index in [1.54, 1.807) is 0 Å². The molecule has 2 aliphatic carbocycles. The van der Waals surface area contributed by atoms with Crippen LogP contribution in [0, 0.1) is 17.8 Å². The van der Waals surface area contributed by atoms with Crippen LogP contribution in [0.5, 0.6) is 0 Å². The third-order valence-corrected chi connectivity index (χ3v) is 5.85. The quantitative estimate of drug-likeness (QED) is 0.837. The van der Waals surface area contributed by atoms with Crippen LogP contribution in [0.25, 0.3) is 0 Å². The minimum absolute atomic E-state index is 0.654. The second-order valence-corrected chi connectivity index (χ2v) is 7.61. The zero-order valence-electron chi connectivity index (χ0n) is 13.3. The zero-order valence-corrected chi connectivity index (χ0v) is 13.3. The van der Waals surface area contributed by atoms with Crippen molar-refractivity contribution in [1.82, 2.24) is 9.80 Å². The van der Waals surface area contributed by atoms with Crippen molar-refractivity contribution in [3.05, 3.63) is 0 Å². The van der Waals surface area contributed by atoms with Gasteiger partial charge >= 0.3 is 0 Å². The molecule has 0 aromatic heterocycles. The van der Waals surface area contributed by atoms with Crippen molar-refractivity contribution in [2.24, 2.45) is 23.5 Å². The third kappa shape index (κ3) is 3.75. The Morgan fingerprint density at radius 1 is 1.05 bits per heavy atom. The van der Waals surface area contributed by atoms with Gasteiger partial charge < -0.3 is 10.6 Å². The van der Waals surface area contributed by atoms with Crippen molar-refractivity contribution in [3.63, 3.8) is 0 Å². The molecule has 3 heteroatoms. The molecule has 3 atom stereocenters. The van der Waals surface area contributed by atoms with Gasteiger partial charge in [-0.25, -0.2) is 0 Å². The normalized spacial score (nSPS) is 35.1. The van der Waals surface area contributed by atoms with Gasteiger partial charge in [0.25, 0.3) is 0 Å². The number of hydrogen-bond acceptors (Lipinski definition) is 3. The fourth-order valence-corrected chi connectivity index (χ4v) is 4.41. The van der Waals surface area contributed by atoms with E-state index in [1.165, 1.54) is 71.2 Å². The van der Waals surface area contributed by atoms with Crippen molar-refractivity contribution >= 4 is 0 Å². The van der Waals surface area contributed by atoms with E-state index in [4.69, 9.17) is 5.73 Å². The molecule has 0 aromatic carbocycles. The molecule has 1 aliphatic heterocycles. The minimum Gasteiger partial charge on any atom is -0.329 e. The predicted molar refractivity (Wildman–Crippen MR) is 84.7 cm³/mol. The molecule has 116 valence electrons. The molecule has 1 saturated heterocycles. The molecule has 1 heterocycles. The van der Waals surface area contributed by atoms with Crippen LogP contribution < -0.4 is 5.73 Å². The van der Waals surface area contributed by atoms with Gasteiger partial charge in [-0.1, -0.05) is 19.8 Å². The van der Waals surface area contributed by atoms with Crippen molar-refractivity contribution in [1.29, 1.82) is 0 Å². The van der Waals surface area contributed by atoms with Gasteiger partial charge in [-0.3, -0.25) is 4.90 Å². The van der Waals surface area contributed by atoms with Gasteiger partial charge in [-0.2, -0.15) is 0 Å². The molecule has 0 bridgehead atoms. The molecule has 3 fully saturated rings. The predicted octanol–water partition coefficient (Wildman–Crippen LogP) is 2.17. The average Bonchev–Trinajstić information content (AvgIpc) is 3.26. The van der Waals surface area contributed by atoms with E-state index in [9.17, 15) is 0 Å². The second kappa shape index (κ2) is 6.76. The van der Waals surface area contributed by atoms with E-state index in [0.29, 0.717) is 6.04 Å². The van der Waals surface area contributed by atoms with Gasteiger partial charge in [0.15, 0.2) is 0 Å². The summed E-state index contributed by atoms with van der Waals surface area (Å²) in [7, 11) is 0. The monoisotopic (exact) mass is 279 g/mol. The van der Waals surface area contributed by atoms with Gasteiger partial charge in [-0.05, 0) is 43.4 Å². The fourth-order valence-electron chi connectivity index (χ4n) is 4.41. The summed E-state index contributed by atoms with van der Waals surface area (Å²) in [5.41, 5.74) is 6.15. The molecular weight excluding hydrogens is 246 g/mol. The molecule has 2 saturated carbocycles. The SMILES string of the molecule is CC1CCCC(C(CN)N2CCN(CC3CC3)CC2)C1. The highest BCUT2D eigenvalue weighted by atomic mass is 15.3. The highest BCUT2D eigenvalue weighted by molar-refractivity contribution is 4.88. The summed E-state index contributed by atoms with van der Waals surface area (Å²) in [4.78, 5) is 5.40. The summed E-state index contributed by atoms with van der Waals surface area (Å²) < 4.78 is 0. The first kappa shape index (κ1) is 14.8. The summed E-state index contributed by atoms with van der Waals surface area (Å²) in [6.07, 6.45) is 8.63. The maximum atomic E-state index is 6.15. The first-order chi connectivity index (χ1) is 9.76. The topological polar surface area (TPSA) is 32.5 Å². The van der Waals surface area contributed by atoms with E-state index in [2.05, 4.69) is 16.7 Å². The van der Waals surface area contributed by atoms with Crippen LogP contribution >= 0.6 is 0 Å². The van der Waals surface area contributed by atoms with Gasteiger partial charge in [0.1, 0.15) is 0 Å². The highest BCUT2D eigenvalue weighted by Gasteiger charge is 2.32. The minimum atomic E-state index is 0.654. The van der Waals surface area contributed by atoms with Crippen LogP contribution in [0.3, 0.4) is 0 Å². The highest BCUT2D eigenvalue weighted by Crippen LogP contribution is 2.33. The molecule has 3 unspecified atom stereocenters. The maximum Gasteiger partial charge on any atom is 0.0247 e. The maximum absolute atomic E-state index is 6.15. The lowest BCUT2D eigenvalue weighted by molar-refractivity contribution is 0.0540. The van der Waals surface area contributed by atoms with E-state index in [-0.39, 0.29) is 0 Å². The van der Waals surface area contributed by atoms with E-state index in [0.717, 1.165) is 24.3 Å². The standard InChI is InChI=1S/C17H33N3/c1-14-3-2-4-16(11-14)17(12-18)20-9-7-19(8-10-20)13-15-5-6-15/h14-17H,2-13,18H2,1H3. The largest absolute Gasteiger partial charge is 0.329 e. The van der Waals surface area contributed by atoms with E-state index >= 15 is 0 Å². The van der Waals surface area contributed by atoms with Crippen molar-refractivity contribution in [2.45, 2.75) is 51.5 Å². The Bertz CT molecular complexity index is 295. The van der Waals surface area contributed by atoms with Crippen LogP contribution in [0.4, 0.5) is 0 Å². The van der Waals surface area contributed by atoms with Crippen LogP contribution in [-0.2, 0) is 0 Å². The average molecular weight is 279 g/mol. The van der Waals surface area contributed by atoms with Gasteiger partial charge in [0.2, 0.25) is 0 Å². The lowest BCUT2D eigenvalue weighted by Crippen LogP contribution is -2.55. The molecule has 0 amide bonds. The van der Waals surface area contributed by atoms with Gasteiger partial charge in [0.05, 0.1) is 0 Å². The molecule has 3 aliphatic rings. The Labute approximate surface area is 124 Å². The summed E-state index contributed by atoms with van der Waals surface area (Å²) >= 11 is 0. The lowest BCUT2D eigenvalue weighted by atomic mass is 9.78. The third-order valence-electron chi connectivity index (χ3n) is 5.85. The molecular formula is C17H33N3. The van der Waals surface area contributed by atoms with Crippen molar-refractivity contribution in [2.75, 3.05) is 39.3 Å². The summed E-state index contributed by atoms with van der Waals surface area (Å²) in [5, 5.41) is 0. The van der Waals surface area contributed by atoms with Crippen LogP contribution in [0.1, 0.15) is 45.4 Å².